The minimum Gasteiger partial charge on any atom is -0.497 e. The maximum absolute atomic E-state index is 5.89. The molecule has 0 fully saturated rings. The number of rotatable bonds is 3. The van der Waals surface area contributed by atoms with Crippen molar-refractivity contribution in [3.05, 3.63) is 30.4 Å². The molecule has 7 nitrogen and oxygen atoms in total. The van der Waals surface area contributed by atoms with Crippen LogP contribution >= 0.6 is 0 Å². The number of anilines is 1. The Morgan fingerprint density at radius 2 is 2.33 bits per heavy atom. The van der Waals surface area contributed by atoms with Gasteiger partial charge in [-0.1, -0.05) is 5.16 Å². The van der Waals surface area contributed by atoms with Crippen molar-refractivity contribution in [2.75, 3.05) is 12.8 Å². The van der Waals surface area contributed by atoms with Crippen LogP contribution in [0.25, 0.3) is 11.0 Å². The summed E-state index contributed by atoms with van der Waals surface area (Å²) in [5, 5.41) is 3.76. The van der Waals surface area contributed by atoms with Crippen molar-refractivity contribution in [1.82, 2.24) is 19.7 Å². The average Bonchev–Trinajstić information content (AvgIpc) is 2.98. The van der Waals surface area contributed by atoms with E-state index in [1.54, 1.807) is 7.11 Å². The molecule has 0 aliphatic carbocycles. The normalized spacial score (nSPS) is 10.9. The summed E-state index contributed by atoms with van der Waals surface area (Å²) in [7, 11) is 1.61. The monoisotopic (exact) mass is 245 g/mol. The summed E-state index contributed by atoms with van der Waals surface area (Å²) >= 11 is 0. The minimum absolute atomic E-state index is 0.406. The van der Waals surface area contributed by atoms with Crippen molar-refractivity contribution in [2.45, 2.75) is 6.54 Å². The van der Waals surface area contributed by atoms with Crippen molar-refractivity contribution >= 4 is 17.0 Å². The topological polar surface area (TPSA) is 92.0 Å². The lowest BCUT2D eigenvalue weighted by atomic mass is 10.3. The van der Waals surface area contributed by atoms with Crippen LogP contribution in [0.2, 0.25) is 0 Å². The maximum Gasteiger partial charge on any atom is 0.213 e. The second-order valence-corrected chi connectivity index (χ2v) is 3.76. The van der Waals surface area contributed by atoms with Gasteiger partial charge in [-0.3, -0.25) is 0 Å². The first kappa shape index (κ1) is 10.6. The molecule has 0 unspecified atom stereocenters. The Hall–Kier alpha value is -2.57. The van der Waals surface area contributed by atoms with Gasteiger partial charge in [-0.25, -0.2) is 4.98 Å². The van der Waals surface area contributed by atoms with E-state index in [0.29, 0.717) is 18.3 Å². The van der Waals surface area contributed by atoms with Crippen LogP contribution in [0.5, 0.6) is 5.75 Å². The molecule has 2 aromatic heterocycles. The van der Waals surface area contributed by atoms with E-state index in [-0.39, 0.29) is 0 Å². The molecule has 0 radical (unpaired) electrons. The Bertz CT molecular complexity index is 674. The Balaban J connectivity index is 2.08. The van der Waals surface area contributed by atoms with Crippen molar-refractivity contribution in [1.29, 1.82) is 0 Å². The lowest BCUT2D eigenvalue weighted by Crippen LogP contribution is -2.05. The van der Waals surface area contributed by atoms with E-state index in [4.69, 9.17) is 15.0 Å². The van der Waals surface area contributed by atoms with Gasteiger partial charge in [0.15, 0.2) is 5.82 Å². The molecular formula is C11H11N5O2. The van der Waals surface area contributed by atoms with E-state index in [1.807, 2.05) is 22.8 Å². The van der Waals surface area contributed by atoms with Crippen molar-refractivity contribution in [3.63, 3.8) is 0 Å². The molecule has 2 N–H and O–H groups in total. The van der Waals surface area contributed by atoms with Crippen LogP contribution in [0.4, 0.5) is 5.95 Å². The van der Waals surface area contributed by atoms with Crippen LogP contribution in [0.1, 0.15) is 5.82 Å². The smallest absolute Gasteiger partial charge is 0.213 e. The van der Waals surface area contributed by atoms with Gasteiger partial charge in [0.1, 0.15) is 5.75 Å². The van der Waals surface area contributed by atoms with Gasteiger partial charge in [0.05, 0.1) is 24.7 Å². The van der Waals surface area contributed by atoms with Gasteiger partial charge in [-0.15, -0.1) is 0 Å². The summed E-state index contributed by atoms with van der Waals surface area (Å²) in [6.07, 6.45) is 1.29. The highest BCUT2D eigenvalue weighted by atomic mass is 16.5. The van der Waals surface area contributed by atoms with Crippen molar-refractivity contribution in [3.8, 4) is 5.75 Å². The number of methoxy groups -OCH3 is 1. The molecule has 0 atom stereocenters. The molecule has 0 aliphatic heterocycles. The highest BCUT2D eigenvalue weighted by Crippen LogP contribution is 2.23. The highest BCUT2D eigenvalue weighted by Gasteiger charge is 2.11. The number of hydrogen-bond donors (Lipinski definition) is 1. The van der Waals surface area contributed by atoms with E-state index in [2.05, 4.69) is 15.1 Å². The van der Waals surface area contributed by atoms with E-state index in [9.17, 15) is 0 Å². The molecule has 7 heteroatoms. The third-order valence-electron chi connectivity index (χ3n) is 2.69. The van der Waals surface area contributed by atoms with E-state index >= 15 is 0 Å². The molecule has 0 saturated carbocycles. The zero-order valence-electron chi connectivity index (χ0n) is 9.70. The fraction of sp³-hybridized carbons (Fsp3) is 0.182. The summed E-state index contributed by atoms with van der Waals surface area (Å²) in [6.45, 7) is 0.422. The fourth-order valence-electron chi connectivity index (χ4n) is 1.82. The van der Waals surface area contributed by atoms with Gasteiger partial charge in [-0.05, 0) is 12.1 Å². The second kappa shape index (κ2) is 4.02. The predicted molar refractivity (Wildman–Crippen MR) is 64.1 cm³/mol. The molecule has 3 rings (SSSR count). The van der Waals surface area contributed by atoms with Crippen LogP contribution in [-0.4, -0.2) is 26.8 Å². The maximum atomic E-state index is 5.89. The molecule has 0 bridgehead atoms. The predicted octanol–water partition coefficient (Wildman–Crippen LogP) is 1.06. The molecule has 0 spiro atoms. The number of imidazole rings is 1. The summed E-state index contributed by atoms with van der Waals surface area (Å²) in [4.78, 5) is 8.24. The van der Waals surface area contributed by atoms with Gasteiger partial charge < -0.3 is 19.6 Å². The van der Waals surface area contributed by atoms with E-state index in [0.717, 1.165) is 16.8 Å². The third-order valence-corrected chi connectivity index (χ3v) is 2.69. The number of benzene rings is 1. The van der Waals surface area contributed by atoms with Gasteiger partial charge in [0.25, 0.3) is 0 Å². The van der Waals surface area contributed by atoms with Gasteiger partial charge in [0.2, 0.25) is 12.3 Å². The molecule has 2 heterocycles. The number of ether oxygens (including phenoxy) is 1. The summed E-state index contributed by atoms with van der Waals surface area (Å²) in [5.41, 5.74) is 7.56. The fourth-order valence-corrected chi connectivity index (χ4v) is 1.82. The highest BCUT2D eigenvalue weighted by molar-refractivity contribution is 5.80. The molecule has 0 aliphatic rings. The molecule has 18 heavy (non-hydrogen) atoms. The van der Waals surface area contributed by atoms with Crippen LogP contribution < -0.4 is 10.5 Å². The lowest BCUT2D eigenvalue weighted by Gasteiger charge is -2.03. The number of nitrogens with two attached hydrogens (primary N) is 1. The molecule has 0 saturated heterocycles. The number of fused-ring (bicyclic) bond motifs is 1. The Morgan fingerprint density at radius 3 is 3.06 bits per heavy atom. The quantitative estimate of drug-likeness (QED) is 0.741. The third kappa shape index (κ3) is 1.65. The Labute approximate surface area is 102 Å². The standard InChI is InChI=1S/C11H11N5O2/c1-17-7-2-3-9-8(4-7)14-11(12)16(9)5-10-13-6-18-15-10/h2-4,6H,5H2,1H3,(H2,12,14). The van der Waals surface area contributed by atoms with Gasteiger partial charge in [-0.2, -0.15) is 4.98 Å². The van der Waals surface area contributed by atoms with Crippen LogP contribution in [0.3, 0.4) is 0 Å². The summed E-state index contributed by atoms with van der Waals surface area (Å²) in [6, 6.07) is 5.59. The average molecular weight is 245 g/mol. The Morgan fingerprint density at radius 1 is 1.44 bits per heavy atom. The Kier molecular flexibility index (Phi) is 2.36. The number of nitrogens with zero attached hydrogens (tertiary/aromatic N) is 4. The van der Waals surface area contributed by atoms with Crippen LogP contribution in [-0.2, 0) is 6.54 Å². The van der Waals surface area contributed by atoms with Crippen LogP contribution in [0, 0.1) is 0 Å². The molecular weight excluding hydrogens is 234 g/mol. The minimum atomic E-state index is 0.406. The second-order valence-electron chi connectivity index (χ2n) is 3.76. The van der Waals surface area contributed by atoms with Crippen molar-refractivity contribution in [2.24, 2.45) is 0 Å². The first-order valence-electron chi connectivity index (χ1n) is 5.33. The molecule has 1 aromatic carbocycles. The largest absolute Gasteiger partial charge is 0.497 e. The van der Waals surface area contributed by atoms with E-state index < -0.39 is 0 Å². The van der Waals surface area contributed by atoms with Gasteiger partial charge in [0, 0.05) is 6.07 Å². The summed E-state index contributed by atoms with van der Waals surface area (Å²) in [5.74, 6) is 1.70. The van der Waals surface area contributed by atoms with E-state index in [1.165, 1.54) is 6.39 Å². The first-order chi connectivity index (χ1) is 8.78. The zero-order chi connectivity index (χ0) is 12.5. The number of aromatic nitrogens is 4. The van der Waals surface area contributed by atoms with Crippen LogP contribution in [0.15, 0.2) is 29.1 Å². The lowest BCUT2D eigenvalue weighted by molar-refractivity contribution is 0.408. The molecule has 0 amide bonds. The SMILES string of the molecule is COc1ccc2c(c1)nc(N)n2Cc1ncon1. The molecule has 3 aromatic rings. The molecule has 92 valence electrons. The van der Waals surface area contributed by atoms with Crippen molar-refractivity contribution < 1.29 is 9.26 Å². The summed E-state index contributed by atoms with van der Waals surface area (Å²) < 4.78 is 11.7. The number of hydrogen-bond acceptors (Lipinski definition) is 6. The number of nitrogen functional groups attached to an aromatic ring is 1. The zero-order valence-corrected chi connectivity index (χ0v) is 9.70. The first-order valence-corrected chi connectivity index (χ1v) is 5.33. The van der Waals surface area contributed by atoms with Gasteiger partial charge >= 0.3 is 0 Å².